The van der Waals surface area contributed by atoms with E-state index in [-0.39, 0.29) is 22.6 Å². The normalized spacial score (nSPS) is 12.9. The minimum absolute atomic E-state index is 0.00415. The summed E-state index contributed by atoms with van der Waals surface area (Å²) in [7, 11) is -0.961. The molecule has 0 spiro atoms. The third-order valence-corrected chi connectivity index (χ3v) is 5.16. The maximum absolute atomic E-state index is 12.1. The molecular weight excluding hydrogens is 356 g/mol. The minimum atomic E-state index is -3.68. The molecular formula is C18H22N2O5S. The van der Waals surface area contributed by atoms with Crippen LogP contribution in [0.5, 0.6) is 5.75 Å². The van der Waals surface area contributed by atoms with Crippen LogP contribution in [0, 0.1) is 6.92 Å². The standard InChI is InChI=1S/C18H22N2O5S/c1-12-5-8-15(25-12)13(2)20-18(21)10-7-14-6-9-16(24-4)17(11-14)26(22,23)19-3/h5-11,13,19H,1-4H3,(H,20,21)/b10-7+. The molecule has 0 radical (unpaired) electrons. The zero-order valence-electron chi connectivity index (χ0n) is 15.1. The summed E-state index contributed by atoms with van der Waals surface area (Å²) in [6.07, 6.45) is 2.87. The molecule has 1 aromatic carbocycles. The van der Waals surface area contributed by atoms with Crippen LogP contribution in [0.4, 0.5) is 0 Å². The molecule has 0 bridgehead atoms. The molecule has 1 heterocycles. The number of methoxy groups -OCH3 is 1. The SMILES string of the molecule is CNS(=O)(=O)c1cc(/C=C/C(=O)NC(C)c2ccc(C)o2)ccc1OC. The predicted octanol–water partition coefficient (Wildman–Crippen LogP) is 2.40. The summed E-state index contributed by atoms with van der Waals surface area (Å²) in [5, 5.41) is 2.78. The van der Waals surface area contributed by atoms with Crippen molar-refractivity contribution < 1.29 is 22.4 Å². The molecule has 0 aliphatic rings. The fraction of sp³-hybridized carbons (Fsp3) is 0.278. The van der Waals surface area contributed by atoms with Gasteiger partial charge in [-0.2, -0.15) is 0 Å². The molecule has 140 valence electrons. The van der Waals surface area contributed by atoms with Crippen molar-refractivity contribution in [2.45, 2.75) is 24.8 Å². The van der Waals surface area contributed by atoms with Crippen LogP contribution in [0.15, 0.2) is 45.7 Å². The zero-order chi connectivity index (χ0) is 19.3. The number of hydrogen-bond donors (Lipinski definition) is 2. The summed E-state index contributed by atoms with van der Waals surface area (Å²) in [6.45, 7) is 3.65. The number of amides is 1. The Morgan fingerprint density at radius 2 is 2.00 bits per heavy atom. The lowest BCUT2D eigenvalue weighted by Gasteiger charge is -2.10. The van der Waals surface area contributed by atoms with Gasteiger partial charge >= 0.3 is 0 Å². The number of rotatable bonds is 7. The molecule has 0 aliphatic heterocycles. The molecule has 1 atom stereocenters. The van der Waals surface area contributed by atoms with Gasteiger partial charge in [0.25, 0.3) is 0 Å². The molecule has 2 rings (SSSR count). The summed E-state index contributed by atoms with van der Waals surface area (Å²) in [6, 6.07) is 7.99. The van der Waals surface area contributed by atoms with Crippen LogP contribution in [-0.4, -0.2) is 28.5 Å². The second-order valence-electron chi connectivity index (χ2n) is 5.63. The third kappa shape index (κ3) is 4.74. The number of carbonyl (C=O) groups is 1. The molecule has 1 amide bonds. The Hall–Kier alpha value is -2.58. The highest BCUT2D eigenvalue weighted by molar-refractivity contribution is 7.89. The number of aryl methyl sites for hydroxylation is 1. The maximum atomic E-state index is 12.1. The lowest BCUT2D eigenvalue weighted by atomic mass is 10.2. The Labute approximate surface area is 153 Å². The monoisotopic (exact) mass is 378 g/mol. The molecule has 7 nitrogen and oxygen atoms in total. The van der Waals surface area contributed by atoms with Crippen molar-refractivity contribution >= 4 is 22.0 Å². The van der Waals surface area contributed by atoms with Gasteiger partial charge in [0.15, 0.2) is 0 Å². The van der Waals surface area contributed by atoms with Gasteiger partial charge in [-0.1, -0.05) is 6.07 Å². The molecule has 0 aliphatic carbocycles. The Kier molecular flexibility index (Phi) is 6.23. The summed E-state index contributed by atoms with van der Waals surface area (Å²) in [5.74, 6) is 1.34. The van der Waals surface area contributed by atoms with E-state index in [1.165, 1.54) is 38.4 Å². The molecule has 8 heteroatoms. The van der Waals surface area contributed by atoms with Crippen molar-refractivity contribution in [1.82, 2.24) is 10.0 Å². The average Bonchev–Trinajstić information content (AvgIpc) is 3.06. The van der Waals surface area contributed by atoms with E-state index in [4.69, 9.17) is 9.15 Å². The van der Waals surface area contributed by atoms with Gasteiger partial charge in [-0.05, 0) is 56.8 Å². The first-order valence-electron chi connectivity index (χ1n) is 7.93. The number of benzene rings is 1. The maximum Gasteiger partial charge on any atom is 0.244 e. The number of furan rings is 1. The molecule has 2 N–H and O–H groups in total. The summed E-state index contributed by atoms with van der Waals surface area (Å²) in [5.41, 5.74) is 0.552. The van der Waals surface area contributed by atoms with Gasteiger partial charge in [-0.3, -0.25) is 4.79 Å². The van der Waals surface area contributed by atoms with Crippen LogP contribution >= 0.6 is 0 Å². The highest BCUT2D eigenvalue weighted by atomic mass is 32.2. The number of carbonyl (C=O) groups excluding carboxylic acids is 1. The number of sulfonamides is 1. The second kappa shape index (κ2) is 8.20. The van der Waals surface area contributed by atoms with Crippen molar-refractivity contribution in [1.29, 1.82) is 0 Å². The van der Waals surface area contributed by atoms with Crippen LogP contribution in [0.3, 0.4) is 0 Å². The smallest absolute Gasteiger partial charge is 0.244 e. The topological polar surface area (TPSA) is 97.6 Å². The first kappa shape index (κ1) is 19.7. The van der Waals surface area contributed by atoms with E-state index in [0.29, 0.717) is 11.3 Å². The highest BCUT2D eigenvalue weighted by Crippen LogP contribution is 2.25. The van der Waals surface area contributed by atoms with E-state index in [0.717, 1.165) is 5.76 Å². The Morgan fingerprint density at radius 1 is 1.27 bits per heavy atom. The molecule has 26 heavy (non-hydrogen) atoms. The summed E-state index contributed by atoms with van der Waals surface area (Å²) < 4.78 is 36.9. The van der Waals surface area contributed by atoms with Gasteiger partial charge in [0.1, 0.15) is 22.2 Å². The Morgan fingerprint density at radius 3 is 2.58 bits per heavy atom. The van der Waals surface area contributed by atoms with Gasteiger partial charge in [0, 0.05) is 6.08 Å². The predicted molar refractivity (Wildman–Crippen MR) is 98.3 cm³/mol. The van der Waals surface area contributed by atoms with E-state index >= 15 is 0 Å². The molecule has 2 aromatic rings. The number of hydrogen-bond acceptors (Lipinski definition) is 5. The van der Waals surface area contributed by atoms with E-state index in [1.807, 2.05) is 26.0 Å². The van der Waals surface area contributed by atoms with Gasteiger partial charge in [0.05, 0.1) is 13.2 Å². The van der Waals surface area contributed by atoms with Crippen LogP contribution in [0.25, 0.3) is 6.08 Å². The van der Waals surface area contributed by atoms with E-state index < -0.39 is 10.0 Å². The van der Waals surface area contributed by atoms with Gasteiger partial charge < -0.3 is 14.5 Å². The van der Waals surface area contributed by atoms with Gasteiger partial charge in [-0.25, -0.2) is 13.1 Å². The van der Waals surface area contributed by atoms with E-state index in [9.17, 15) is 13.2 Å². The van der Waals surface area contributed by atoms with E-state index in [1.54, 1.807) is 6.07 Å². The van der Waals surface area contributed by atoms with Crippen LogP contribution in [0.2, 0.25) is 0 Å². The quantitative estimate of drug-likeness (QED) is 0.721. The number of ether oxygens (including phenoxy) is 1. The minimum Gasteiger partial charge on any atom is -0.495 e. The average molecular weight is 378 g/mol. The lowest BCUT2D eigenvalue weighted by Crippen LogP contribution is -2.24. The van der Waals surface area contributed by atoms with Crippen LogP contribution in [-0.2, 0) is 14.8 Å². The highest BCUT2D eigenvalue weighted by Gasteiger charge is 2.18. The summed E-state index contributed by atoms with van der Waals surface area (Å²) >= 11 is 0. The second-order valence-corrected chi connectivity index (χ2v) is 7.48. The van der Waals surface area contributed by atoms with Crippen molar-refractivity contribution in [2.75, 3.05) is 14.2 Å². The van der Waals surface area contributed by atoms with E-state index in [2.05, 4.69) is 10.0 Å². The molecule has 0 fully saturated rings. The summed E-state index contributed by atoms with van der Waals surface area (Å²) in [4.78, 5) is 12.1. The molecule has 1 unspecified atom stereocenters. The molecule has 1 aromatic heterocycles. The van der Waals surface area contributed by atoms with Gasteiger partial charge in [-0.15, -0.1) is 0 Å². The fourth-order valence-corrected chi connectivity index (χ4v) is 3.23. The number of nitrogens with one attached hydrogen (secondary N) is 2. The Bertz CT molecular complexity index is 915. The third-order valence-electron chi connectivity index (χ3n) is 3.72. The van der Waals surface area contributed by atoms with Crippen LogP contribution < -0.4 is 14.8 Å². The zero-order valence-corrected chi connectivity index (χ0v) is 15.9. The van der Waals surface area contributed by atoms with Crippen molar-refractivity contribution in [3.05, 3.63) is 53.5 Å². The Balaban J connectivity index is 2.14. The lowest BCUT2D eigenvalue weighted by molar-refractivity contribution is -0.117. The molecule has 0 saturated heterocycles. The molecule has 0 saturated carbocycles. The largest absolute Gasteiger partial charge is 0.495 e. The van der Waals surface area contributed by atoms with Crippen LogP contribution in [0.1, 0.15) is 30.0 Å². The van der Waals surface area contributed by atoms with Crippen molar-refractivity contribution in [2.24, 2.45) is 0 Å². The van der Waals surface area contributed by atoms with Gasteiger partial charge in [0.2, 0.25) is 15.9 Å². The van der Waals surface area contributed by atoms with Crippen molar-refractivity contribution in [3.63, 3.8) is 0 Å². The fourth-order valence-electron chi connectivity index (χ4n) is 2.31. The first-order chi connectivity index (χ1) is 12.3. The first-order valence-corrected chi connectivity index (χ1v) is 9.41. The van der Waals surface area contributed by atoms with Crippen molar-refractivity contribution in [3.8, 4) is 5.75 Å².